The van der Waals surface area contributed by atoms with Gasteiger partial charge in [0.05, 0.1) is 6.10 Å². The van der Waals surface area contributed by atoms with Crippen molar-refractivity contribution in [3.05, 3.63) is 29.8 Å². The van der Waals surface area contributed by atoms with Gasteiger partial charge in [0, 0.05) is 30.7 Å². The number of hydrogen-bond acceptors (Lipinski definition) is 3. The summed E-state index contributed by atoms with van der Waals surface area (Å²) in [4.78, 5) is 2.43. The molecule has 1 fully saturated rings. The van der Waals surface area contributed by atoms with Crippen LogP contribution in [0.25, 0.3) is 0 Å². The van der Waals surface area contributed by atoms with Crippen LogP contribution in [0.4, 0.5) is 5.69 Å². The van der Waals surface area contributed by atoms with Crippen LogP contribution in [0.2, 0.25) is 0 Å². The van der Waals surface area contributed by atoms with Crippen LogP contribution >= 0.6 is 0 Å². The molecule has 0 aliphatic carbocycles. The fourth-order valence-corrected chi connectivity index (χ4v) is 3.01. The van der Waals surface area contributed by atoms with Gasteiger partial charge in [0.15, 0.2) is 0 Å². The predicted octanol–water partition coefficient (Wildman–Crippen LogP) is 2.95. The summed E-state index contributed by atoms with van der Waals surface area (Å²) in [7, 11) is 0. The molecule has 3 unspecified atom stereocenters. The van der Waals surface area contributed by atoms with Crippen LogP contribution in [0.1, 0.15) is 45.2 Å². The number of para-hydroxylation sites is 1. The van der Waals surface area contributed by atoms with Gasteiger partial charge in [0.25, 0.3) is 0 Å². The molecule has 1 saturated heterocycles. The smallest absolute Gasteiger partial charge is 0.0557 e. The zero-order valence-electron chi connectivity index (χ0n) is 13.0. The molecule has 0 amide bonds. The van der Waals surface area contributed by atoms with Crippen molar-refractivity contribution in [2.24, 2.45) is 5.92 Å². The first-order valence-electron chi connectivity index (χ1n) is 7.88. The third kappa shape index (κ3) is 3.53. The number of anilines is 1. The largest absolute Gasteiger partial charge is 0.393 e. The zero-order valence-corrected chi connectivity index (χ0v) is 13.0. The summed E-state index contributed by atoms with van der Waals surface area (Å²) >= 11 is 0. The second-order valence-corrected chi connectivity index (χ2v) is 5.97. The van der Waals surface area contributed by atoms with Gasteiger partial charge in [-0.15, -0.1) is 0 Å². The predicted molar refractivity (Wildman–Crippen MR) is 85.2 cm³/mol. The van der Waals surface area contributed by atoms with Gasteiger partial charge < -0.3 is 15.3 Å². The van der Waals surface area contributed by atoms with E-state index in [0.29, 0.717) is 12.0 Å². The highest BCUT2D eigenvalue weighted by molar-refractivity contribution is 5.55. The van der Waals surface area contributed by atoms with E-state index in [-0.39, 0.29) is 6.10 Å². The Morgan fingerprint density at radius 2 is 2.10 bits per heavy atom. The molecule has 0 saturated carbocycles. The average molecular weight is 276 g/mol. The molecule has 1 aromatic rings. The summed E-state index contributed by atoms with van der Waals surface area (Å²) in [6.07, 6.45) is 2.03. The minimum absolute atomic E-state index is 0.206. The molecule has 3 nitrogen and oxygen atoms in total. The lowest BCUT2D eigenvalue weighted by molar-refractivity contribution is 0.136. The van der Waals surface area contributed by atoms with Crippen LogP contribution in [0.3, 0.4) is 0 Å². The molecular formula is C17H28N2O. The number of rotatable bonds is 6. The van der Waals surface area contributed by atoms with Crippen LogP contribution in [-0.4, -0.2) is 30.8 Å². The van der Waals surface area contributed by atoms with E-state index in [1.165, 1.54) is 11.3 Å². The van der Waals surface area contributed by atoms with Crippen molar-refractivity contribution in [1.29, 1.82) is 0 Å². The number of nitrogens with zero attached hydrogens (tertiary/aromatic N) is 1. The second kappa shape index (κ2) is 7.09. The van der Waals surface area contributed by atoms with Gasteiger partial charge in [0.1, 0.15) is 0 Å². The van der Waals surface area contributed by atoms with Crippen molar-refractivity contribution in [3.8, 4) is 0 Å². The third-order valence-electron chi connectivity index (χ3n) is 4.35. The van der Waals surface area contributed by atoms with Crippen molar-refractivity contribution in [3.63, 3.8) is 0 Å². The first-order chi connectivity index (χ1) is 9.63. The van der Waals surface area contributed by atoms with E-state index in [1.54, 1.807) is 0 Å². The maximum atomic E-state index is 9.77. The van der Waals surface area contributed by atoms with E-state index in [0.717, 1.165) is 32.5 Å². The highest BCUT2D eigenvalue weighted by Gasteiger charge is 2.27. The molecule has 1 aromatic carbocycles. The Bertz CT molecular complexity index is 419. The van der Waals surface area contributed by atoms with Gasteiger partial charge in [-0.25, -0.2) is 0 Å². The van der Waals surface area contributed by atoms with Crippen molar-refractivity contribution in [2.75, 3.05) is 24.5 Å². The van der Waals surface area contributed by atoms with Crippen LogP contribution in [0, 0.1) is 5.92 Å². The van der Waals surface area contributed by atoms with Crippen LogP contribution < -0.4 is 10.2 Å². The molecular weight excluding hydrogens is 248 g/mol. The average Bonchev–Trinajstić information content (AvgIpc) is 2.94. The fourth-order valence-electron chi connectivity index (χ4n) is 3.01. The van der Waals surface area contributed by atoms with Gasteiger partial charge in [0.2, 0.25) is 0 Å². The van der Waals surface area contributed by atoms with E-state index < -0.39 is 0 Å². The van der Waals surface area contributed by atoms with Crippen molar-refractivity contribution in [1.82, 2.24) is 5.32 Å². The molecule has 112 valence electrons. The quantitative estimate of drug-likeness (QED) is 0.838. The fraction of sp³-hybridized carbons (Fsp3) is 0.647. The normalized spacial score (nSPS) is 22.0. The van der Waals surface area contributed by atoms with Crippen LogP contribution in [-0.2, 0) is 0 Å². The Morgan fingerprint density at radius 1 is 1.35 bits per heavy atom. The highest BCUT2D eigenvalue weighted by Crippen LogP contribution is 2.31. The zero-order chi connectivity index (χ0) is 14.5. The lowest BCUT2D eigenvalue weighted by Gasteiger charge is -2.26. The van der Waals surface area contributed by atoms with Gasteiger partial charge in [-0.1, -0.05) is 25.1 Å². The Morgan fingerprint density at radius 3 is 2.75 bits per heavy atom. The van der Waals surface area contributed by atoms with E-state index >= 15 is 0 Å². The minimum Gasteiger partial charge on any atom is -0.393 e. The second-order valence-electron chi connectivity index (χ2n) is 5.97. The molecule has 0 aromatic heterocycles. The summed E-state index contributed by atoms with van der Waals surface area (Å²) in [6.45, 7) is 9.40. The van der Waals surface area contributed by atoms with Gasteiger partial charge in [-0.05, 0) is 44.9 Å². The van der Waals surface area contributed by atoms with E-state index in [1.807, 2.05) is 6.92 Å². The molecule has 1 aliphatic heterocycles. The number of hydrogen-bond donors (Lipinski definition) is 2. The standard InChI is InChI=1S/C17H28N2O/c1-4-10-18-13(2)16-7-5-6-8-17(16)19-11-9-15(12-19)14(3)20/h5-8,13-15,18,20H,4,9-12H2,1-3H3. The summed E-state index contributed by atoms with van der Waals surface area (Å²) in [6, 6.07) is 9.03. The lowest BCUT2D eigenvalue weighted by Crippen LogP contribution is -2.27. The lowest BCUT2D eigenvalue weighted by atomic mass is 10.0. The molecule has 0 bridgehead atoms. The summed E-state index contributed by atoms with van der Waals surface area (Å²) < 4.78 is 0. The molecule has 1 heterocycles. The summed E-state index contributed by atoms with van der Waals surface area (Å²) in [5, 5.41) is 13.3. The van der Waals surface area contributed by atoms with Gasteiger partial charge >= 0.3 is 0 Å². The molecule has 0 spiro atoms. The van der Waals surface area contributed by atoms with E-state index in [4.69, 9.17) is 0 Å². The van der Waals surface area contributed by atoms with E-state index in [9.17, 15) is 5.11 Å². The summed E-state index contributed by atoms with van der Waals surface area (Å²) in [5.41, 5.74) is 2.69. The number of aliphatic hydroxyl groups excluding tert-OH is 1. The molecule has 2 N–H and O–H groups in total. The maximum absolute atomic E-state index is 9.77. The van der Waals surface area contributed by atoms with Crippen molar-refractivity contribution >= 4 is 5.69 Å². The molecule has 1 aliphatic rings. The third-order valence-corrected chi connectivity index (χ3v) is 4.35. The van der Waals surface area contributed by atoms with Crippen LogP contribution in [0.5, 0.6) is 0 Å². The molecule has 2 rings (SSSR count). The van der Waals surface area contributed by atoms with Gasteiger partial charge in [-0.3, -0.25) is 0 Å². The first-order valence-corrected chi connectivity index (χ1v) is 7.88. The molecule has 3 atom stereocenters. The number of benzene rings is 1. The Balaban J connectivity index is 2.12. The highest BCUT2D eigenvalue weighted by atomic mass is 16.3. The van der Waals surface area contributed by atoms with Crippen molar-refractivity contribution < 1.29 is 5.11 Å². The molecule has 3 heteroatoms. The monoisotopic (exact) mass is 276 g/mol. The topological polar surface area (TPSA) is 35.5 Å². The Labute approximate surface area is 123 Å². The maximum Gasteiger partial charge on any atom is 0.0557 e. The number of aliphatic hydroxyl groups is 1. The van der Waals surface area contributed by atoms with E-state index in [2.05, 4.69) is 48.3 Å². The number of nitrogens with one attached hydrogen (secondary N) is 1. The van der Waals surface area contributed by atoms with Crippen molar-refractivity contribution in [2.45, 2.75) is 45.8 Å². The molecule has 20 heavy (non-hydrogen) atoms. The Kier molecular flexibility index (Phi) is 5.44. The van der Waals surface area contributed by atoms with Crippen LogP contribution in [0.15, 0.2) is 24.3 Å². The minimum atomic E-state index is -0.206. The summed E-state index contributed by atoms with van der Waals surface area (Å²) in [5.74, 6) is 0.405. The van der Waals surface area contributed by atoms with Gasteiger partial charge in [-0.2, -0.15) is 0 Å². The molecule has 0 radical (unpaired) electrons. The SMILES string of the molecule is CCCNC(C)c1ccccc1N1CCC(C(C)O)C1. The first kappa shape index (κ1) is 15.3. The Hall–Kier alpha value is -1.06.